The quantitative estimate of drug-likeness (QED) is 0.250. The second-order valence-corrected chi connectivity index (χ2v) is 9.32. The fraction of sp³-hybridized carbons (Fsp3) is 0.156. The molecular formula is C32H28FN3O2. The molecule has 0 aliphatic carbocycles. The van der Waals surface area contributed by atoms with E-state index in [1.807, 2.05) is 86.6 Å². The molecule has 0 aliphatic heterocycles. The molecule has 190 valence electrons. The van der Waals surface area contributed by atoms with Crippen molar-refractivity contribution in [3.05, 3.63) is 142 Å². The number of carbonyl (C=O) groups excluding carboxylic acids is 1. The summed E-state index contributed by atoms with van der Waals surface area (Å²) in [6.07, 6.45) is 0.491. The molecule has 1 aromatic heterocycles. The average molecular weight is 506 g/mol. The lowest BCUT2D eigenvalue weighted by Gasteiger charge is -2.32. The summed E-state index contributed by atoms with van der Waals surface area (Å²) in [7, 11) is 0. The highest BCUT2D eigenvalue weighted by Crippen LogP contribution is 2.29. The van der Waals surface area contributed by atoms with Crippen LogP contribution < -0.4 is 5.56 Å². The van der Waals surface area contributed by atoms with Gasteiger partial charge in [0.05, 0.1) is 22.6 Å². The molecule has 0 fully saturated rings. The van der Waals surface area contributed by atoms with Crippen molar-refractivity contribution in [1.82, 2.24) is 14.5 Å². The molecule has 4 aromatic carbocycles. The van der Waals surface area contributed by atoms with Crippen molar-refractivity contribution in [1.29, 1.82) is 0 Å². The number of hydrogen-bond donors (Lipinski definition) is 0. The zero-order valence-corrected chi connectivity index (χ0v) is 21.3. The molecule has 1 heterocycles. The molecule has 38 heavy (non-hydrogen) atoms. The number of halogens is 1. The number of fused-ring (bicyclic) bond motifs is 1. The van der Waals surface area contributed by atoms with Gasteiger partial charge in [0.2, 0.25) is 0 Å². The minimum atomic E-state index is -0.566. The predicted octanol–water partition coefficient (Wildman–Crippen LogP) is 6.63. The van der Waals surface area contributed by atoms with Crippen molar-refractivity contribution in [2.45, 2.75) is 32.9 Å². The van der Waals surface area contributed by atoms with Crippen LogP contribution >= 0.6 is 0 Å². The van der Waals surface area contributed by atoms with Crippen molar-refractivity contribution >= 4 is 16.8 Å². The summed E-state index contributed by atoms with van der Waals surface area (Å²) in [5.74, 6) is -0.357. The van der Waals surface area contributed by atoms with Crippen molar-refractivity contribution < 1.29 is 9.18 Å². The Bertz CT molecular complexity index is 1660. The molecule has 0 radical (unpaired) electrons. The Labute approximate surface area is 220 Å². The normalized spacial score (nSPS) is 11.9. The number of rotatable bonds is 7. The van der Waals surface area contributed by atoms with Crippen LogP contribution in [0.25, 0.3) is 16.6 Å². The van der Waals surface area contributed by atoms with Gasteiger partial charge in [0.15, 0.2) is 0 Å². The van der Waals surface area contributed by atoms with Crippen molar-refractivity contribution in [2.24, 2.45) is 0 Å². The summed E-state index contributed by atoms with van der Waals surface area (Å²) >= 11 is 0. The van der Waals surface area contributed by atoms with Crippen LogP contribution in [0.1, 0.15) is 46.7 Å². The standard InChI is InChI=1S/C32H28FN3O2/c1-3-29(35(21-23-12-5-4-6-13-23)31(37)24-14-10-15-25(33)20-24)30-34-28-18-8-7-17-27(28)32(38)36(30)26-16-9-11-22(2)19-26/h4-20,29H,3,21H2,1-2H3. The van der Waals surface area contributed by atoms with Gasteiger partial charge in [0, 0.05) is 12.1 Å². The molecule has 0 spiro atoms. The van der Waals surface area contributed by atoms with Crippen molar-refractivity contribution in [3.63, 3.8) is 0 Å². The van der Waals surface area contributed by atoms with Crippen LogP contribution in [0.2, 0.25) is 0 Å². The minimum absolute atomic E-state index is 0.201. The summed E-state index contributed by atoms with van der Waals surface area (Å²) in [6, 6.07) is 29.7. The fourth-order valence-electron chi connectivity index (χ4n) is 4.82. The number of aryl methyl sites for hydroxylation is 1. The van der Waals surface area contributed by atoms with E-state index in [2.05, 4.69) is 0 Å². The number of nitrogens with zero attached hydrogens (tertiary/aromatic N) is 3. The molecule has 0 saturated carbocycles. The zero-order chi connectivity index (χ0) is 26.6. The number of hydrogen-bond acceptors (Lipinski definition) is 3. The van der Waals surface area contributed by atoms with Gasteiger partial charge in [-0.3, -0.25) is 14.2 Å². The van der Waals surface area contributed by atoms with E-state index >= 15 is 0 Å². The number of benzene rings is 4. The molecule has 1 unspecified atom stereocenters. The van der Waals surface area contributed by atoms with E-state index in [-0.39, 0.29) is 23.6 Å². The number of carbonyl (C=O) groups is 1. The predicted molar refractivity (Wildman–Crippen MR) is 148 cm³/mol. The zero-order valence-electron chi connectivity index (χ0n) is 21.3. The second kappa shape index (κ2) is 10.8. The largest absolute Gasteiger partial charge is 0.324 e. The summed E-state index contributed by atoms with van der Waals surface area (Å²) in [6.45, 7) is 4.20. The van der Waals surface area contributed by atoms with Gasteiger partial charge in [-0.2, -0.15) is 0 Å². The molecule has 1 amide bonds. The number of amides is 1. The first-order valence-electron chi connectivity index (χ1n) is 12.7. The van der Waals surface area contributed by atoms with Crippen LogP contribution in [0.5, 0.6) is 0 Å². The Balaban J connectivity index is 1.74. The van der Waals surface area contributed by atoms with E-state index in [0.717, 1.165) is 11.1 Å². The van der Waals surface area contributed by atoms with Gasteiger partial charge in [-0.15, -0.1) is 0 Å². The Kier molecular flexibility index (Phi) is 7.13. The van der Waals surface area contributed by atoms with Crippen LogP contribution in [-0.2, 0) is 6.54 Å². The highest BCUT2D eigenvalue weighted by molar-refractivity contribution is 5.94. The summed E-state index contributed by atoms with van der Waals surface area (Å²) in [5.41, 5.74) is 3.20. The second-order valence-electron chi connectivity index (χ2n) is 9.32. The Hall–Kier alpha value is -4.58. The van der Waals surface area contributed by atoms with Crippen LogP contribution in [0.15, 0.2) is 108 Å². The Morgan fingerprint density at radius 3 is 2.39 bits per heavy atom. The van der Waals surface area contributed by atoms with Gasteiger partial charge in [-0.05, 0) is 66.9 Å². The molecule has 0 saturated heterocycles. The molecule has 5 nitrogen and oxygen atoms in total. The van der Waals surface area contributed by atoms with E-state index in [9.17, 15) is 14.0 Å². The lowest BCUT2D eigenvalue weighted by Crippen LogP contribution is -2.38. The molecule has 6 heteroatoms. The van der Waals surface area contributed by atoms with Gasteiger partial charge in [0.25, 0.3) is 11.5 Å². The van der Waals surface area contributed by atoms with Crippen molar-refractivity contribution in [2.75, 3.05) is 0 Å². The van der Waals surface area contributed by atoms with E-state index in [1.54, 1.807) is 21.6 Å². The van der Waals surface area contributed by atoms with Crippen LogP contribution in [0.4, 0.5) is 4.39 Å². The minimum Gasteiger partial charge on any atom is -0.324 e. The highest BCUT2D eigenvalue weighted by Gasteiger charge is 2.30. The summed E-state index contributed by atoms with van der Waals surface area (Å²) in [5, 5.41) is 0.499. The third-order valence-electron chi connectivity index (χ3n) is 6.65. The Morgan fingerprint density at radius 1 is 0.921 bits per heavy atom. The maximum absolute atomic E-state index is 14.1. The molecule has 0 aliphatic rings. The first kappa shape index (κ1) is 25.1. The molecular weight excluding hydrogens is 477 g/mol. The van der Waals surface area contributed by atoms with Crippen LogP contribution in [0.3, 0.4) is 0 Å². The van der Waals surface area contributed by atoms with E-state index in [1.165, 1.54) is 18.2 Å². The third-order valence-corrected chi connectivity index (χ3v) is 6.65. The number of para-hydroxylation sites is 1. The first-order chi connectivity index (χ1) is 18.5. The molecule has 0 N–H and O–H groups in total. The smallest absolute Gasteiger partial charge is 0.266 e. The molecule has 0 bridgehead atoms. The van der Waals surface area contributed by atoms with E-state index in [4.69, 9.17) is 4.98 Å². The summed E-state index contributed by atoms with van der Waals surface area (Å²) in [4.78, 5) is 34.5. The van der Waals surface area contributed by atoms with E-state index in [0.29, 0.717) is 28.8 Å². The lowest BCUT2D eigenvalue weighted by atomic mass is 10.1. The number of aromatic nitrogens is 2. The first-order valence-corrected chi connectivity index (χ1v) is 12.7. The highest BCUT2D eigenvalue weighted by atomic mass is 19.1. The van der Waals surface area contributed by atoms with Gasteiger partial charge >= 0.3 is 0 Å². The van der Waals surface area contributed by atoms with Gasteiger partial charge < -0.3 is 4.90 Å². The van der Waals surface area contributed by atoms with Crippen LogP contribution in [-0.4, -0.2) is 20.4 Å². The van der Waals surface area contributed by atoms with Gasteiger partial charge in [0.1, 0.15) is 11.6 Å². The average Bonchev–Trinajstić information content (AvgIpc) is 2.93. The van der Waals surface area contributed by atoms with E-state index < -0.39 is 11.9 Å². The maximum atomic E-state index is 14.1. The summed E-state index contributed by atoms with van der Waals surface area (Å²) < 4.78 is 15.8. The molecule has 5 rings (SSSR count). The maximum Gasteiger partial charge on any atom is 0.266 e. The van der Waals surface area contributed by atoms with Crippen molar-refractivity contribution in [3.8, 4) is 5.69 Å². The Morgan fingerprint density at radius 2 is 1.66 bits per heavy atom. The van der Waals surface area contributed by atoms with Gasteiger partial charge in [-0.25, -0.2) is 9.37 Å². The van der Waals surface area contributed by atoms with Gasteiger partial charge in [-0.1, -0.05) is 67.6 Å². The fourth-order valence-corrected chi connectivity index (χ4v) is 4.82. The molecule has 5 aromatic rings. The topological polar surface area (TPSA) is 55.2 Å². The monoisotopic (exact) mass is 505 g/mol. The lowest BCUT2D eigenvalue weighted by molar-refractivity contribution is 0.0640. The van der Waals surface area contributed by atoms with Crippen LogP contribution in [0, 0.1) is 12.7 Å². The third kappa shape index (κ3) is 4.98. The molecule has 1 atom stereocenters. The SMILES string of the molecule is CCC(c1nc2ccccc2c(=O)n1-c1cccc(C)c1)N(Cc1ccccc1)C(=O)c1cccc(F)c1.